The highest BCUT2D eigenvalue weighted by molar-refractivity contribution is 6.00. The summed E-state index contributed by atoms with van der Waals surface area (Å²) in [4.78, 5) is 43.8. The van der Waals surface area contributed by atoms with Crippen molar-refractivity contribution in [1.82, 2.24) is 16.0 Å². The Balaban J connectivity index is 1.31. The number of carbonyl (C=O) groups is 3. The van der Waals surface area contributed by atoms with E-state index in [1.807, 2.05) is 60.4 Å². The third-order valence-electron chi connectivity index (χ3n) is 9.58. The Morgan fingerprint density at radius 1 is 0.889 bits per heavy atom. The fraction of sp³-hybridized carbons (Fsp3) is 0.583. The minimum absolute atomic E-state index is 0.0629. The molecule has 3 atom stereocenters. The number of carbonyl (C=O) groups excluding carboxylic acids is 3. The van der Waals surface area contributed by atoms with Crippen LogP contribution in [0.2, 0.25) is 0 Å². The summed E-state index contributed by atoms with van der Waals surface area (Å²) in [5.41, 5.74) is 3.18. The van der Waals surface area contributed by atoms with Crippen LogP contribution in [0, 0.1) is 0 Å². The summed E-state index contributed by atoms with van der Waals surface area (Å²) >= 11 is 0. The first kappa shape index (κ1) is 32.9. The molecule has 244 valence electrons. The van der Waals surface area contributed by atoms with E-state index in [1.54, 1.807) is 0 Å². The van der Waals surface area contributed by atoms with Gasteiger partial charge in [-0.15, -0.1) is 0 Å². The van der Waals surface area contributed by atoms with E-state index in [-0.39, 0.29) is 30.3 Å². The highest BCUT2D eigenvalue weighted by Gasteiger charge is 2.27. The van der Waals surface area contributed by atoms with E-state index < -0.39 is 18.2 Å². The zero-order valence-corrected chi connectivity index (χ0v) is 26.8. The molecule has 2 heterocycles. The van der Waals surface area contributed by atoms with Gasteiger partial charge < -0.3 is 30.9 Å². The highest BCUT2D eigenvalue weighted by atomic mass is 16.3. The summed E-state index contributed by atoms with van der Waals surface area (Å²) in [6.45, 7) is 4.46. The van der Waals surface area contributed by atoms with Gasteiger partial charge in [0.05, 0.1) is 18.2 Å². The fourth-order valence-corrected chi connectivity index (χ4v) is 6.80. The molecule has 45 heavy (non-hydrogen) atoms. The molecule has 0 spiro atoms. The van der Waals surface area contributed by atoms with E-state index in [2.05, 4.69) is 20.9 Å². The molecule has 1 aliphatic carbocycles. The molecular weight excluding hydrogens is 566 g/mol. The number of aliphatic hydroxyl groups is 1. The Bertz CT molecular complexity index is 1280. The van der Waals surface area contributed by atoms with Crippen molar-refractivity contribution in [1.29, 1.82) is 0 Å². The van der Waals surface area contributed by atoms with Crippen LogP contribution in [0.3, 0.4) is 0 Å². The van der Waals surface area contributed by atoms with Crippen LogP contribution in [0.4, 0.5) is 11.4 Å². The number of piperidine rings is 2. The van der Waals surface area contributed by atoms with E-state index >= 15 is 0 Å². The molecule has 2 saturated heterocycles. The molecule has 0 radical (unpaired) electrons. The smallest absolute Gasteiger partial charge is 0.251 e. The van der Waals surface area contributed by atoms with Crippen LogP contribution in [-0.2, 0) is 16.0 Å². The zero-order valence-electron chi connectivity index (χ0n) is 26.8. The fourth-order valence-electron chi connectivity index (χ4n) is 6.80. The first-order valence-corrected chi connectivity index (χ1v) is 17.1. The van der Waals surface area contributed by atoms with Gasteiger partial charge in [0.25, 0.3) is 5.91 Å². The predicted molar refractivity (Wildman–Crippen MR) is 179 cm³/mol. The van der Waals surface area contributed by atoms with Crippen LogP contribution < -0.4 is 25.8 Å². The molecule has 9 heteroatoms. The lowest BCUT2D eigenvalue weighted by molar-refractivity contribution is -0.123. The molecule has 0 aromatic heterocycles. The van der Waals surface area contributed by atoms with Crippen LogP contribution >= 0.6 is 0 Å². The van der Waals surface area contributed by atoms with Gasteiger partial charge in [0, 0.05) is 55.6 Å². The summed E-state index contributed by atoms with van der Waals surface area (Å²) in [6.07, 6.45) is 10.8. The Kier molecular flexibility index (Phi) is 11.9. The number of hydrogen-bond donors (Lipinski definition) is 4. The van der Waals surface area contributed by atoms with Crippen molar-refractivity contribution in [2.24, 2.45) is 0 Å². The molecule has 2 aromatic carbocycles. The minimum atomic E-state index is -0.937. The molecule has 4 N–H and O–H groups in total. The maximum absolute atomic E-state index is 13.9. The van der Waals surface area contributed by atoms with Gasteiger partial charge in [0.15, 0.2) is 0 Å². The van der Waals surface area contributed by atoms with Gasteiger partial charge in [0.1, 0.15) is 0 Å². The number of anilines is 2. The summed E-state index contributed by atoms with van der Waals surface area (Å²) in [5, 5.41) is 20.9. The average Bonchev–Trinajstić information content (AvgIpc) is 3.08. The summed E-state index contributed by atoms with van der Waals surface area (Å²) in [7, 11) is 0. The van der Waals surface area contributed by atoms with Crippen molar-refractivity contribution in [3.05, 3.63) is 59.7 Å². The lowest BCUT2D eigenvalue weighted by Gasteiger charge is -2.32. The topological polar surface area (TPSA) is 114 Å². The van der Waals surface area contributed by atoms with Gasteiger partial charge in [-0.2, -0.15) is 0 Å². The van der Waals surface area contributed by atoms with E-state index in [0.29, 0.717) is 24.9 Å². The number of hydrogen-bond acceptors (Lipinski definition) is 6. The van der Waals surface area contributed by atoms with Crippen molar-refractivity contribution < 1.29 is 19.5 Å². The molecule has 3 fully saturated rings. The standard InChI is InChI=1S/C36H51N5O4/c1-26(35(44)38-29-15-7-3-8-16-29)37-25-33(42)32(21-27-13-5-2-6-14-27)39-36(45)28-22-30(40-18-10-4-11-19-40)24-31(23-28)41-20-12-9-17-34(41)43/h2,5-6,13-14,22-24,26,29,32-33,37,42H,3-4,7-12,15-21,25H2,1H3,(H,38,44)(H,39,45)/t26-,32-,33+/m0/s1. The lowest BCUT2D eigenvalue weighted by atomic mass is 9.95. The molecule has 2 aliphatic heterocycles. The first-order chi connectivity index (χ1) is 21.9. The highest BCUT2D eigenvalue weighted by Crippen LogP contribution is 2.30. The molecule has 1 saturated carbocycles. The molecule has 2 aromatic rings. The van der Waals surface area contributed by atoms with Crippen molar-refractivity contribution in [3.63, 3.8) is 0 Å². The van der Waals surface area contributed by atoms with Gasteiger partial charge >= 0.3 is 0 Å². The molecule has 9 nitrogen and oxygen atoms in total. The number of benzene rings is 2. The number of nitrogens with one attached hydrogen (secondary N) is 3. The maximum atomic E-state index is 13.9. The second kappa shape index (κ2) is 16.2. The maximum Gasteiger partial charge on any atom is 0.251 e. The number of amides is 3. The Labute approximate surface area is 268 Å². The Hall–Kier alpha value is -3.43. The monoisotopic (exact) mass is 617 g/mol. The van der Waals surface area contributed by atoms with Crippen molar-refractivity contribution in [2.75, 3.05) is 36.0 Å². The van der Waals surface area contributed by atoms with E-state index in [0.717, 1.165) is 81.4 Å². The molecule has 5 rings (SSSR count). The van der Waals surface area contributed by atoms with Crippen molar-refractivity contribution >= 4 is 29.1 Å². The average molecular weight is 618 g/mol. The number of aliphatic hydroxyl groups excluding tert-OH is 1. The van der Waals surface area contributed by atoms with E-state index in [1.165, 1.54) is 12.8 Å². The normalized spacial score (nSPS) is 19.9. The SMILES string of the molecule is C[C@H](NC[C@@H](O)[C@H](Cc1ccccc1)NC(=O)c1cc(N2CCCCC2)cc(N2CCCCC2=O)c1)C(=O)NC1CCCCC1. The first-order valence-electron chi connectivity index (χ1n) is 17.1. The molecule has 3 amide bonds. The molecule has 3 aliphatic rings. The van der Waals surface area contributed by atoms with Crippen molar-refractivity contribution in [2.45, 2.75) is 108 Å². The number of nitrogens with zero attached hydrogens (tertiary/aromatic N) is 2. The van der Waals surface area contributed by atoms with Gasteiger partial charge in [0.2, 0.25) is 11.8 Å². The Morgan fingerprint density at radius 3 is 2.31 bits per heavy atom. The molecule has 0 bridgehead atoms. The van der Waals surface area contributed by atoms with Gasteiger partial charge in [-0.1, -0.05) is 49.6 Å². The summed E-state index contributed by atoms with van der Waals surface area (Å²) < 4.78 is 0. The van der Waals surface area contributed by atoms with Crippen LogP contribution in [0.5, 0.6) is 0 Å². The second-order valence-electron chi connectivity index (χ2n) is 13.1. The third kappa shape index (κ3) is 9.30. The second-order valence-corrected chi connectivity index (χ2v) is 13.1. The van der Waals surface area contributed by atoms with Gasteiger partial charge in [-0.05, 0) is 82.1 Å². The van der Waals surface area contributed by atoms with Crippen LogP contribution in [0.1, 0.15) is 93.5 Å². The van der Waals surface area contributed by atoms with Crippen LogP contribution in [0.15, 0.2) is 48.5 Å². The van der Waals surface area contributed by atoms with Gasteiger partial charge in [-0.3, -0.25) is 14.4 Å². The third-order valence-corrected chi connectivity index (χ3v) is 9.58. The summed E-state index contributed by atoms with van der Waals surface area (Å²) in [5.74, 6) is -0.261. The van der Waals surface area contributed by atoms with E-state index in [4.69, 9.17) is 0 Å². The minimum Gasteiger partial charge on any atom is -0.390 e. The van der Waals surface area contributed by atoms with Gasteiger partial charge in [-0.25, -0.2) is 0 Å². The van der Waals surface area contributed by atoms with E-state index in [9.17, 15) is 19.5 Å². The van der Waals surface area contributed by atoms with Crippen LogP contribution in [-0.4, -0.2) is 73.2 Å². The molecule has 0 unspecified atom stereocenters. The lowest BCUT2D eigenvalue weighted by Crippen LogP contribution is -2.53. The largest absolute Gasteiger partial charge is 0.390 e. The van der Waals surface area contributed by atoms with Crippen molar-refractivity contribution in [3.8, 4) is 0 Å². The van der Waals surface area contributed by atoms with Crippen LogP contribution in [0.25, 0.3) is 0 Å². The molecular formula is C36H51N5O4. The Morgan fingerprint density at radius 2 is 1.58 bits per heavy atom. The zero-order chi connectivity index (χ0) is 31.6. The predicted octanol–water partition coefficient (Wildman–Crippen LogP) is 4.32. The number of rotatable bonds is 12. The quantitative estimate of drug-likeness (QED) is 0.282. The summed E-state index contributed by atoms with van der Waals surface area (Å²) in [6, 6.07) is 14.7.